The van der Waals surface area contributed by atoms with Crippen LogP contribution in [0.15, 0.2) is 40.9 Å². The van der Waals surface area contributed by atoms with E-state index in [1.165, 1.54) is 0 Å². The van der Waals surface area contributed by atoms with Gasteiger partial charge in [0.2, 0.25) is 0 Å². The summed E-state index contributed by atoms with van der Waals surface area (Å²) in [5, 5.41) is 2.86. The lowest BCUT2D eigenvalue weighted by Crippen LogP contribution is -2.19. The summed E-state index contributed by atoms with van der Waals surface area (Å²) in [4.78, 5) is 25.3. The second-order valence-electron chi connectivity index (χ2n) is 6.11. The van der Waals surface area contributed by atoms with Crippen LogP contribution in [-0.4, -0.2) is 24.9 Å². The van der Waals surface area contributed by atoms with Crippen molar-refractivity contribution in [3.05, 3.63) is 52.0 Å². The van der Waals surface area contributed by atoms with Crippen molar-refractivity contribution in [3.63, 3.8) is 0 Å². The zero-order valence-corrected chi connectivity index (χ0v) is 15.0. The van der Waals surface area contributed by atoms with Crippen LogP contribution in [0.2, 0.25) is 0 Å². The van der Waals surface area contributed by atoms with Crippen molar-refractivity contribution >= 4 is 33.3 Å². The average Bonchev–Trinajstić information content (AvgIpc) is 3.46. The fraction of sp³-hybridized carbons (Fsp3) is 0.263. The zero-order valence-electron chi connectivity index (χ0n) is 13.4. The molecule has 128 valence electrons. The largest absolute Gasteiger partial charge is 0.486 e. The third-order valence-electron chi connectivity index (χ3n) is 4.26. The quantitative estimate of drug-likeness (QED) is 0.784. The summed E-state index contributed by atoms with van der Waals surface area (Å²) in [6.45, 7) is 0.896. The van der Waals surface area contributed by atoms with E-state index >= 15 is 0 Å². The molecule has 0 saturated heterocycles. The molecule has 0 radical (unpaired) electrons. The molecule has 4 rings (SSSR count). The highest BCUT2D eigenvalue weighted by molar-refractivity contribution is 9.10. The molecular formula is C19H16BrNO4. The predicted octanol–water partition coefficient (Wildman–Crippen LogP) is 4.07. The summed E-state index contributed by atoms with van der Waals surface area (Å²) in [5.74, 6) is 0.894. The summed E-state index contributed by atoms with van der Waals surface area (Å²) in [6, 6.07) is 10.5. The van der Waals surface area contributed by atoms with Crippen molar-refractivity contribution < 1.29 is 19.1 Å². The van der Waals surface area contributed by atoms with Gasteiger partial charge in [-0.05, 0) is 47.0 Å². The standard InChI is InChI=1S/C19H16BrNO4/c20-14-4-2-1-3-12(14)19(23)21-15-10-17-16(24-7-8-25-17)9-13(15)18(22)11-5-6-11/h1-4,9-11H,5-8H2,(H,21,23). The first kappa shape index (κ1) is 16.1. The van der Waals surface area contributed by atoms with E-state index in [0.29, 0.717) is 46.0 Å². The van der Waals surface area contributed by atoms with E-state index in [1.807, 2.05) is 6.07 Å². The summed E-state index contributed by atoms with van der Waals surface area (Å²) in [6.07, 6.45) is 1.79. The highest BCUT2D eigenvalue weighted by Gasteiger charge is 2.33. The Bertz CT molecular complexity index is 860. The van der Waals surface area contributed by atoms with Gasteiger partial charge in [0, 0.05) is 22.0 Å². The summed E-state index contributed by atoms with van der Waals surface area (Å²) in [7, 11) is 0. The Morgan fingerprint density at radius 3 is 2.36 bits per heavy atom. The first-order valence-corrected chi connectivity index (χ1v) is 8.96. The van der Waals surface area contributed by atoms with Gasteiger partial charge in [0.25, 0.3) is 5.91 Å². The molecule has 1 N–H and O–H groups in total. The summed E-state index contributed by atoms with van der Waals surface area (Å²) in [5.41, 5.74) is 1.44. The van der Waals surface area contributed by atoms with Gasteiger partial charge in [-0.15, -0.1) is 0 Å². The number of rotatable bonds is 4. The van der Waals surface area contributed by atoms with Crippen LogP contribution in [0.5, 0.6) is 11.5 Å². The van der Waals surface area contributed by atoms with E-state index in [2.05, 4.69) is 21.2 Å². The average molecular weight is 402 g/mol. The number of Topliss-reactive ketones (excluding diaryl/α,β-unsaturated/α-hetero) is 1. The van der Waals surface area contributed by atoms with Gasteiger partial charge in [-0.1, -0.05) is 12.1 Å². The van der Waals surface area contributed by atoms with Gasteiger partial charge < -0.3 is 14.8 Å². The molecule has 0 unspecified atom stereocenters. The molecule has 2 aromatic rings. The van der Waals surface area contributed by atoms with Crippen molar-refractivity contribution in [2.45, 2.75) is 12.8 Å². The molecule has 1 fully saturated rings. The van der Waals surface area contributed by atoms with E-state index in [-0.39, 0.29) is 17.6 Å². The maximum Gasteiger partial charge on any atom is 0.256 e. The van der Waals surface area contributed by atoms with E-state index in [0.717, 1.165) is 12.8 Å². The van der Waals surface area contributed by atoms with Crippen molar-refractivity contribution in [2.75, 3.05) is 18.5 Å². The molecule has 25 heavy (non-hydrogen) atoms. The van der Waals surface area contributed by atoms with Gasteiger partial charge in [-0.25, -0.2) is 0 Å². The molecule has 1 aliphatic carbocycles. The minimum Gasteiger partial charge on any atom is -0.486 e. The smallest absolute Gasteiger partial charge is 0.256 e. The topological polar surface area (TPSA) is 64.6 Å². The van der Waals surface area contributed by atoms with Crippen LogP contribution in [0.3, 0.4) is 0 Å². The molecule has 5 nitrogen and oxygen atoms in total. The number of hydrogen-bond donors (Lipinski definition) is 1. The Balaban J connectivity index is 1.70. The van der Waals surface area contributed by atoms with Gasteiger partial charge in [0.05, 0.1) is 11.3 Å². The SMILES string of the molecule is O=C(Nc1cc2c(cc1C(=O)C1CC1)OCCO2)c1ccccc1Br. The number of fused-ring (bicyclic) bond motifs is 1. The zero-order chi connectivity index (χ0) is 17.4. The molecular weight excluding hydrogens is 386 g/mol. The highest BCUT2D eigenvalue weighted by Crippen LogP contribution is 2.40. The minimum atomic E-state index is -0.283. The van der Waals surface area contributed by atoms with Crippen LogP contribution in [0.25, 0.3) is 0 Å². The Kier molecular flexibility index (Phi) is 4.21. The van der Waals surface area contributed by atoms with Crippen molar-refractivity contribution in [2.24, 2.45) is 5.92 Å². The molecule has 0 bridgehead atoms. The lowest BCUT2D eigenvalue weighted by molar-refractivity contribution is 0.0967. The monoisotopic (exact) mass is 401 g/mol. The van der Waals surface area contributed by atoms with Gasteiger partial charge >= 0.3 is 0 Å². The highest BCUT2D eigenvalue weighted by atomic mass is 79.9. The molecule has 1 amide bonds. The molecule has 0 spiro atoms. The number of nitrogens with one attached hydrogen (secondary N) is 1. The van der Waals surface area contributed by atoms with Crippen LogP contribution in [-0.2, 0) is 0 Å². The number of carbonyl (C=O) groups excluding carboxylic acids is 2. The third kappa shape index (κ3) is 3.26. The number of ketones is 1. The van der Waals surface area contributed by atoms with Crippen molar-refractivity contribution in [3.8, 4) is 11.5 Å². The Morgan fingerprint density at radius 2 is 1.68 bits per heavy atom. The maximum atomic E-state index is 12.6. The fourth-order valence-electron chi connectivity index (χ4n) is 2.80. The second kappa shape index (κ2) is 6.52. The minimum absolute atomic E-state index is 0.0411. The number of halogens is 1. The van der Waals surface area contributed by atoms with Crippen LogP contribution in [0.4, 0.5) is 5.69 Å². The van der Waals surface area contributed by atoms with Crippen LogP contribution >= 0.6 is 15.9 Å². The molecule has 1 saturated carbocycles. The van der Waals surface area contributed by atoms with Gasteiger partial charge in [-0.3, -0.25) is 9.59 Å². The molecule has 2 aliphatic rings. The van der Waals surface area contributed by atoms with Crippen LogP contribution < -0.4 is 14.8 Å². The lowest BCUT2D eigenvalue weighted by atomic mass is 10.0. The third-order valence-corrected chi connectivity index (χ3v) is 4.95. The number of benzene rings is 2. The van der Waals surface area contributed by atoms with Crippen LogP contribution in [0.1, 0.15) is 33.6 Å². The summed E-state index contributed by atoms with van der Waals surface area (Å²) < 4.78 is 11.9. The van der Waals surface area contributed by atoms with Crippen molar-refractivity contribution in [1.29, 1.82) is 0 Å². The van der Waals surface area contributed by atoms with E-state index in [9.17, 15) is 9.59 Å². The van der Waals surface area contributed by atoms with E-state index < -0.39 is 0 Å². The molecule has 0 aromatic heterocycles. The number of amides is 1. The number of hydrogen-bond acceptors (Lipinski definition) is 4. The molecule has 6 heteroatoms. The van der Waals surface area contributed by atoms with Gasteiger partial charge in [0.15, 0.2) is 17.3 Å². The Morgan fingerprint density at radius 1 is 1.00 bits per heavy atom. The summed E-state index contributed by atoms with van der Waals surface area (Å²) >= 11 is 3.38. The van der Waals surface area contributed by atoms with Gasteiger partial charge in [0.1, 0.15) is 13.2 Å². The predicted molar refractivity (Wildman–Crippen MR) is 96.6 cm³/mol. The van der Waals surface area contributed by atoms with Gasteiger partial charge in [-0.2, -0.15) is 0 Å². The number of ether oxygens (including phenoxy) is 2. The van der Waals surface area contributed by atoms with E-state index in [4.69, 9.17) is 9.47 Å². The number of anilines is 1. The number of carbonyl (C=O) groups is 2. The molecule has 1 heterocycles. The molecule has 2 aromatic carbocycles. The van der Waals surface area contributed by atoms with Crippen molar-refractivity contribution in [1.82, 2.24) is 0 Å². The second-order valence-corrected chi connectivity index (χ2v) is 6.97. The molecule has 1 aliphatic heterocycles. The first-order chi connectivity index (χ1) is 12.1. The Labute approximate surface area is 153 Å². The molecule has 0 atom stereocenters. The fourth-order valence-corrected chi connectivity index (χ4v) is 3.26. The normalized spacial score (nSPS) is 15.6. The Hall–Kier alpha value is -2.34. The first-order valence-electron chi connectivity index (χ1n) is 8.17. The van der Waals surface area contributed by atoms with Crippen LogP contribution in [0, 0.1) is 5.92 Å². The van der Waals surface area contributed by atoms with E-state index in [1.54, 1.807) is 30.3 Å². The maximum absolute atomic E-state index is 12.6. The lowest BCUT2D eigenvalue weighted by Gasteiger charge is -2.21.